The molecule has 1 saturated heterocycles. The average Bonchev–Trinajstić information content (AvgIpc) is 2.81. The maximum atomic E-state index is 12.7. The Hall–Kier alpha value is -1.04. The molecule has 3 rings (SSSR count). The van der Waals surface area contributed by atoms with E-state index >= 15 is 0 Å². The van der Waals surface area contributed by atoms with Gasteiger partial charge in [0, 0.05) is 24.6 Å². The minimum absolute atomic E-state index is 0.0411. The van der Waals surface area contributed by atoms with E-state index in [0.717, 1.165) is 31.0 Å². The molecule has 1 aromatic rings. The SMILES string of the molecule is FC(F)(F)C1CCc2nc(C3CCCOC3)[nH]c2C1. The minimum atomic E-state index is -4.10. The Bertz CT molecular complexity index is 449. The van der Waals surface area contributed by atoms with Crippen molar-refractivity contribution in [2.45, 2.75) is 44.2 Å². The highest BCUT2D eigenvalue weighted by molar-refractivity contribution is 5.21. The van der Waals surface area contributed by atoms with Crippen molar-refractivity contribution < 1.29 is 17.9 Å². The normalized spacial score (nSPS) is 28.2. The van der Waals surface area contributed by atoms with E-state index in [9.17, 15) is 13.2 Å². The number of alkyl halides is 3. The summed E-state index contributed by atoms with van der Waals surface area (Å²) in [4.78, 5) is 7.60. The number of nitrogens with one attached hydrogen (secondary N) is 1. The van der Waals surface area contributed by atoms with Crippen molar-refractivity contribution in [3.05, 3.63) is 17.2 Å². The zero-order valence-corrected chi connectivity index (χ0v) is 10.6. The van der Waals surface area contributed by atoms with Crippen molar-refractivity contribution >= 4 is 0 Å². The number of fused-ring (bicyclic) bond motifs is 1. The first-order chi connectivity index (χ1) is 9.04. The molecule has 0 radical (unpaired) electrons. The lowest BCUT2D eigenvalue weighted by Gasteiger charge is -2.23. The summed E-state index contributed by atoms with van der Waals surface area (Å²) < 4.78 is 43.6. The zero-order chi connectivity index (χ0) is 13.5. The molecule has 19 heavy (non-hydrogen) atoms. The van der Waals surface area contributed by atoms with Gasteiger partial charge in [0.2, 0.25) is 0 Å². The summed E-state index contributed by atoms with van der Waals surface area (Å²) in [5, 5.41) is 0. The molecule has 0 bridgehead atoms. The third-order valence-electron chi connectivity index (χ3n) is 4.07. The third kappa shape index (κ3) is 2.63. The number of imidazole rings is 1. The fourth-order valence-corrected chi connectivity index (χ4v) is 2.93. The van der Waals surface area contributed by atoms with Crippen LogP contribution in [-0.2, 0) is 17.6 Å². The Morgan fingerprint density at radius 2 is 2.11 bits per heavy atom. The lowest BCUT2D eigenvalue weighted by molar-refractivity contribution is -0.177. The van der Waals surface area contributed by atoms with Gasteiger partial charge < -0.3 is 9.72 Å². The third-order valence-corrected chi connectivity index (χ3v) is 4.07. The largest absolute Gasteiger partial charge is 0.392 e. The predicted octanol–water partition coefficient (Wildman–Crippen LogP) is 2.97. The van der Waals surface area contributed by atoms with Gasteiger partial charge in [0.15, 0.2) is 0 Å². The molecule has 3 nitrogen and oxygen atoms in total. The van der Waals surface area contributed by atoms with Gasteiger partial charge in [-0.2, -0.15) is 13.2 Å². The van der Waals surface area contributed by atoms with Gasteiger partial charge in [-0.15, -0.1) is 0 Å². The van der Waals surface area contributed by atoms with Crippen LogP contribution in [-0.4, -0.2) is 29.4 Å². The highest BCUT2D eigenvalue weighted by Crippen LogP contribution is 2.37. The second kappa shape index (κ2) is 4.81. The molecule has 1 fully saturated rings. The fraction of sp³-hybridized carbons (Fsp3) is 0.769. The van der Waals surface area contributed by atoms with E-state index < -0.39 is 12.1 Å². The minimum Gasteiger partial charge on any atom is -0.381 e. The second-order valence-electron chi connectivity index (χ2n) is 5.44. The van der Waals surface area contributed by atoms with Gasteiger partial charge in [-0.25, -0.2) is 4.98 Å². The summed E-state index contributed by atoms with van der Waals surface area (Å²) in [5.74, 6) is -0.202. The van der Waals surface area contributed by atoms with E-state index in [-0.39, 0.29) is 18.8 Å². The summed E-state index contributed by atoms with van der Waals surface area (Å²) in [6.45, 7) is 1.39. The van der Waals surface area contributed by atoms with Crippen molar-refractivity contribution in [2.75, 3.05) is 13.2 Å². The molecule has 2 aliphatic rings. The number of rotatable bonds is 1. The molecule has 1 aliphatic heterocycles. The highest BCUT2D eigenvalue weighted by Gasteiger charge is 2.42. The van der Waals surface area contributed by atoms with Crippen LogP contribution >= 0.6 is 0 Å². The average molecular weight is 274 g/mol. The molecule has 0 amide bonds. The van der Waals surface area contributed by atoms with Crippen LogP contribution in [0.25, 0.3) is 0 Å². The van der Waals surface area contributed by atoms with E-state index in [0.29, 0.717) is 18.7 Å². The smallest absolute Gasteiger partial charge is 0.381 e. The molecule has 2 unspecified atom stereocenters. The van der Waals surface area contributed by atoms with E-state index in [1.807, 2.05) is 0 Å². The number of halogens is 3. The number of H-pyrrole nitrogens is 1. The zero-order valence-electron chi connectivity index (χ0n) is 10.6. The molecule has 1 aliphatic carbocycles. The highest BCUT2D eigenvalue weighted by atomic mass is 19.4. The number of aromatic nitrogens is 2. The second-order valence-corrected chi connectivity index (χ2v) is 5.44. The Morgan fingerprint density at radius 1 is 1.26 bits per heavy atom. The first kappa shape index (κ1) is 13.0. The van der Waals surface area contributed by atoms with Crippen LogP contribution in [0.15, 0.2) is 0 Å². The van der Waals surface area contributed by atoms with Crippen LogP contribution in [0.3, 0.4) is 0 Å². The maximum Gasteiger partial charge on any atom is 0.392 e. The fourth-order valence-electron chi connectivity index (χ4n) is 2.93. The van der Waals surface area contributed by atoms with Crippen molar-refractivity contribution in [3.63, 3.8) is 0 Å². The van der Waals surface area contributed by atoms with Gasteiger partial charge in [-0.05, 0) is 25.7 Å². The summed E-state index contributed by atoms with van der Waals surface area (Å²) in [6.07, 6.45) is -1.50. The van der Waals surface area contributed by atoms with Gasteiger partial charge in [0.05, 0.1) is 18.2 Å². The Balaban J connectivity index is 1.77. The van der Waals surface area contributed by atoms with Crippen LogP contribution in [0.1, 0.15) is 42.4 Å². The molecule has 1 N–H and O–H groups in total. The lowest BCUT2D eigenvalue weighted by atomic mass is 9.89. The molecular formula is C13H17F3N2O. The number of aryl methyl sites for hydroxylation is 1. The van der Waals surface area contributed by atoms with Crippen LogP contribution < -0.4 is 0 Å². The van der Waals surface area contributed by atoms with Crippen molar-refractivity contribution in [3.8, 4) is 0 Å². The summed E-state index contributed by atoms with van der Waals surface area (Å²) in [5.41, 5.74) is 1.50. The van der Waals surface area contributed by atoms with Crippen molar-refractivity contribution in [1.82, 2.24) is 9.97 Å². The predicted molar refractivity (Wildman–Crippen MR) is 63.0 cm³/mol. The molecule has 106 valence electrons. The summed E-state index contributed by atoms with van der Waals surface area (Å²) in [7, 11) is 0. The van der Waals surface area contributed by atoms with E-state index in [1.165, 1.54) is 0 Å². The van der Waals surface area contributed by atoms with Crippen LogP contribution in [0.5, 0.6) is 0 Å². The van der Waals surface area contributed by atoms with Gasteiger partial charge in [0.25, 0.3) is 0 Å². The molecule has 6 heteroatoms. The quantitative estimate of drug-likeness (QED) is 0.855. The van der Waals surface area contributed by atoms with E-state index in [4.69, 9.17) is 4.74 Å². The van der Waals surface area contributed by atoms with Crippen LogP contribution in [0.4, 0.5) is 13.2 Å². The van der Waals surface area contributed by atoms with Gasteiger partial charge in [0.1, 0.15) is 5.82 Å². The first-order valence-electron chi connectivity index (χ1n) is 6.76. The van der Waals surface area contributed by atoms with Gasteiger partial charge >= 0.3 is 6.18 Å². The lowest BCUT2D eigenvalue weighted by Crippen LogP contribution is -2.28. The monoisotopic (exact) mass is 274 g/mol. The molecule has 0 saturated carbocycles. The van der Waals surface area contributed by atoms with Crippen LogP contribution in [0.2, 0.25) is 0 Å². The molecule has 2 heterocycles. The van der Waals surface area contributed by atoms with E-state index in [2.05, 4.69) is 9.97 Å². The summed E-state index contributed by atoms with van der Waals surface area (Å²) >= 11 is 0. The number of aromatic amines is 1. The molecular weight excluding hydrogens is 257 g/mol. The molecule has 1 aromatic heterocycles. The molecule has 0 spiro atoms. The topological polar surface area (TPSA) is 37.9 Å². The Morgan fingerprint density at radius 3 is 2.79 bits per heavy atom. The number of hydrogen-bond donors (Lipinski definition) is 1. The Labute approximate surface area is 109 Å². The van der Waals surface area contributed by atoms with Crippen molar-refractivity contribution in [1.29, 1.82) is 0 Å². The number of ether oxygens (including phenoxy) is 1. The summed E-state index contributed by atoms with van der Waals surface area (Å²) in [6, 6.07) is 0. The molecule has 0 aromatic carbocycles. The van der Waals surface area contributed by atoms with Gasteiger partial charge in [-0.3, -0.25) is 0 Å². The Kier molecular flexibility index (Phi) is 3.28. The number of hydrogen-bond acceptors (Lipinski definition) is 2. The first-order valence-corrected chi connectivity index (χ1v) is 6.76. The van der Waals surface area contributed by atoms with E-state index in [1.54, 1.807) is 0 Å². The van der Waals surface area contributed by atoms with Crippen molar-refractivity contribution in [2.24, 2.45) is 5.92 Å². The van der Waals surface area contributed by atoms with Crippen LogP contribution in [0, 0.1) is 5.92 Å². The van der Waals surface area contributed by atoms with Gasteiger partial charge in [-0.1, -0.05) is 0 Å². The standard InChI is InChI=1S/C13H17F3N2O/c14-13(15,16)9-3-4-10-11(6-9)18-12(17-10)8-2-1-5-19-7-8/h8-9H,1-7H2,(H,17,18). The number of nitrogens with zero attached hydrogens (tertiary/aromatic N) is 1. The molecule has 2 atom stereocenters. The maximum absolute atomic E-state index is 12.7.